The molecule has 27 heavy (non-hydrogen) atoms. The molecule has 1 unspecified atom stereocenters. The predicted molar refractivity (Wildman–Crippen MR) is 97.0 cm³/mol. The minimum absolute atomic E-state index is 0.160. The molecule has 0 amide bonds. The lowest BCUT2D eigenvalue weighted by atomic mass is 9.58. The minimum atomic E-state index is -4.10. The third kappa shape index (κ3) is 4.06. The van der Waals surface area contributed by atoms with Crippen LogP contribution in [0.3, 0.4) is 0 Å². The third-order valence-electron chi connectivity index (χ3n) is 5.90. The molecule has 8 heteroatoms. The van der Waals surface area contributed by atoms with Crippen molar-refractivity contribution in [1.29, 1.82) is 0 Å². The Kier molecular flexibility index (Phi) is 5.05. The first-order valence-electron chi connectivity index (χ1n) is 9.19. The van der Waals surface area contributed by atoms with E-state index in [9.17, 15) is 13.2 Å². The number of alkyl halides is 3. The predicted octanol–water partition coefficient (Wildman–Crippen LogP) is 4.98. The van der Waals surface area contributed by atoms with Crippen molar-refractivity contribution in [3.05, 3.63) is 46.0 Å². The summed E-state index contributed by atoms with van der Waals surface area (Å²) < 4.78 is 46.5. The van der Waals surface area contributed by atoms with Crippen molar-refractivity contribution >= 4 is 15.9 Å². The Bertz CT molecular complexity index is 786. The fourth-order valence-corrected chi connectivity index (χ4v) is 4.70. The topological polar surface area (TPSA) is 42.2 Å². The minimum Gasteiger partial charge on any atom is -0.339 e. The Labute approximate surface area is 164 Å². The van der Waals surface area contributed by atoms with Gasteiger partial charge in [-0.05, 0) is 48.9 Å². The molecule has 2 aromatic rings. The molecule has 1 saturated heterocycles. The first kappa shape index (κ1) is 18.9. The molecule has 2 fully saturated rings. The molecule has 1 atom stereocenters. The van der Waals surface area contributed by atoms with Crippen LogP contribution in [0.2, 0.25) is 0 Å². The van der Waals surface area contributed by atoms with Gasteiger partial charge in [0.1, 0.15) is 0 Å². The number of nitrogens with zero attached hydrogens (tertiary/aromatic N) is 3. The van der Waals surface area contributed by atoms with Crippen LogP contribution in [-0.4, -0.2) is 34.3 Å². The van der Waals surface area contributed by atoms with Crippen LogP contribution in [0, 0.1) is 11.3 Å². The van der Waals surface area contributed by atoms with Crippen molar-refractivity contribution in [1.82, 2.24) is 15.0 Å². The zero-order valence-electron chi connectivity index (χ0n) is 14.8. The van der Waals surface area contributed by atoms with E-state index in [0.717, 1.165) is 16.5 Å². The Morgan fingerprint density at radius 2 is 1.96 bits per heavy atom. The van der Waals surface area contributed by atoms with Gasteiger partial charge in [-0.25, -0.2) is 0 Å². The van der Waals surface area contributed by atoms with Crippen LogP contribution in [0.15, 0.2) is 33.3 Å². The number of hydrogen-bond acceptors (Lipinski definition) is 4. The molecule has 0 bridgehead atoms. The number of aromatic nitrogens is 2. The number of likely N-dealkylation sites (tertiary alicyclic amines) is 1. The number of piperidine rings is 1. The van der Waals surface area contributed by atoms with E-state index >= 15 is 0 Å². The van der Waals surface area contributed by atoms with E-state index in [4.69, 9.17) is 4.52 Å². The highest BCUT2D eigenvalue weighted by atomic mass is 79.9. The van der Waals surface area contributed by atoms with Gasteiger partial charge in [-0.15, -0.1) is 0 Å². The zero-order chi connectivity index (χ0) is 19.1. The molecule has 4 rings (SSSR count). The van der Waals surface area contributed by atoms with Gasteiger partial charge < -0.3 is 4.52 Å². The summed E-state index contributed by atoms with van der Waals surface area (Å²) in [7, 11) is 0. The van der Waals surface area contributed by atoms with Crippen molar-refractivity contribution < 1.29 is 17.7 Å². The molecular weight excluding hydrogens is 423 g/mol. The lowest BCUT2D eigenvalue weighted by Crippen LogP contribution is -2.56. The van der Waals surface area contributed by atoms with E-state index in [1.165, 1.54) is 0 Å². The Balaban J connectivity index is 1.39. The summed E-state index contributed by atoms with van der Waals surface area (Å²) in [6.45, 7) is 1.33. The Morgan fingerprint density at radius 1 is 1.22 bits per heavy atom. The van der Waals surface area contributed by atoms with Crippen LogP contribution in [-0.2, 0) is 13.0 Å². The molecule has 146 valence electrons. The molecule has 2 heterocycles. The number of halogens is 4. The van der Waals surface area contributed by atoms with Crippen LogP contribution in [0.1, 0.15) is 43.0 Å². The first-order chi connectivity index (χ1) is 12.8. The van der Waals surface area contributed by atoms with Crippen molar-refractivity contribution in [2.45, 2.75) is 44.8 Å². The van der Waals surface area contributed by atoms with Crippen LogP contribution in [0.25, 0.3) is 0 Å². The van der Waals surface area contributed by atoms with Gasteiger partial charge in [-0.1, -0.05) is 39.6 Å². The zero-order valence-corrected chi connectivity index (χ0v) is 16.4. The first-order valence-corrected chi connectivity index (χ1v) is 9.98. The van der Waals surface area contributed by atoms with Crippen LogP contribution >= 0.6 is 15.9 Å². The fourth-order valence-electron chi connectivity index (χ4n) is 4.44. The monoisotopic (exact) mass is 443 g/mol. The number of hydrogen-bond donors (Lipinski definition) is 0. The lowest BCUT2D eigenvalue weighted by molar-refractivity contribution is -0.238. The molecule has 1 saturated carbocycles. The quantitative estimate of drug-likeness (QED) is 0.668. The summed E-state index contributed by atoms with van der Waals surface area (Å²) in [5.41, 5.74) is 0.452. The number of benzene rings is 1. The van der Waals surface area contributed by atoms with E-state index in [0.29, 0.717) is 50.6 Å². The number of rotatable bonds is 4. The van der Waals surface area contributed by atoms with Crippen LogP contribution in [0.4, 0.5) is 13.2 Å². The summed E-state index contributed by atoms with van der Waals surface area (Å²) in [4.78, 5) is 6.48. The second-order valence-corrected chi connectivity index (χ2v) is 8.63. The summed E-state index contributed by atoms with van der Waals surface area (Å²) in [5, 5.41) is 4.02. The van der Waals surface area contributed by atoms with Crippen molar-refractivity contribution in [3.63, 3.8) is 0 Å². The highest BCUT2D eigenvalue weighted by Crippen LogP contribution is 2.56. The van der Waals surface area contributed by atoms with Crippen molar-refractivity contribution in [2.24, 2.45) is 11.3 Å². The third-order valence-corrected chi connectivity index (χ3v) is 6.43. The van der Waals surface area contributed by atoms with Crippen LogP contribution in [0.5, 0.6) is 0 Å². The average Bonchev–Trinajstić information content (AvgIpc) is 3.01. The van der Waals surface area contributed by atoms with E-state index in [2.05, 4.69) is 31.0 Å². The molecule has 0 radical (unpaired) electrons. The van der Waals surface area contributed by atoms with Gasteiger partial charge in [0.15, 0.2) is 5.82 Å². The van der Waals surface area contributed by atoms with Crippen molar-refractivity contribution in [2.75, 3.05) is 13.1 Å². The maximum absolute atomic E-state index is 13.4. The van der Waals surface area contributed by atoms with E-state index in [1.807, 2.05) is 24.3 Å². The Hall–Kier alpha value is -1.41. The molecule has 2 aliphatic rings. The normalized spacial score (nSPS) is 22.7. The van der Waals surface area contributed by atoms with Gasteiger partial charge in [-0.2, -0.15) is 18.2 Å². The molecule has 1 aliphatic heterocycles. The highest BCUT2D eigenvalue weighted by molar-refractivity contribution is 9.10. The van der Waals surface area contributed by atoms with E-state index < -0.39 is 17.5 Å². The second kappa shape index (κ2) is 7.20. The molecule has 1 aliphatic carbocycles. The molecule has 1 spiro atoms. The van der Waals surface area contributed by atoms with Gasteiger partial charge in [0.25, 0.3) is 0 Å². The second-order valence-electron chi connectivity index (χ2n) is 7.72. The van der Waals surface area contributed by atoms with Crippen LogP contribution < -0.4 is 0 Å². The molecule has 1 aromatic heterocycles. The van der Waals surface area contributed by atoms with E-state index in [1.54, 1.807) is 0 Å². The van der Waals surface area contributed by atoms with Gasteiger partial charge in [-0.3, -0.25) is 4.90 Å². The van der Waals surface area contributed by atoms with Gasteiger partial charge >= 0.3 is 6.18 Å². The molecule has 1 aromatic carbocycles. The van der Waals surface area contributed by atoms with Gasteiger partial charge in [0, 0.05) is 11.0 Å². The van der Waals surface area contributed by atoms with E-state index in [-0.39, 0.29) is 6.42 Å². The summed E-state index contributed by atoms with van der Waals surface area (Å²) in [6.07, 6.45) is -1.19. The highest BCUT2D eigenvalue weighted by Gasteiger charge is 2.57. The molecule has 0 N–H and O–H groups in total. The Morgan fingerprint density at radius 3 is 2.59 bits per heavy atom. The smallest absolute Gasteiger partial charge is 0.339 e. The van der Waals surface area contributed by atoms with Gasteiger partial charge in [0.2, 0.25) is 5.89 Å². The molecule has 4 nitrogen and oxygen atoms in total. The SMILES string of the molecule is FC(F)(F)C1CCN(Cc2noc(Cc3ccc(Br)cc3)n2)CC12CCC2. The molecular formula is C19H21BrF3N3O. The maximum atomic E-state index is 13.4. The average molecular weight is 444 g/mol. The maximum Gasteiger partial charge on any atom is 0.392 e. The largest absolute Gasteiger partial charge is 0.392 e. The standard InChI is InChI=1S/C19H21BrF3N3O/c20-14-4-2-13(3-5-14)10-17-24-16(25-27-17)11-26-9-6-15(19(21,22)23)18(12-26)7-1-8-18/h2-5,15H,1,6-12H2. The summed E-state index contributed by atoms with van der Waals surface area (Å²) in [5.74, 6) is -0.105. The summed E-state index contributed by atoms with van der Waals surface area (Å²) >= 11 is 3.40. The fraction of sp³-hybridized carbons (Fsp3) is 0.579. The van der Waals surface area contributed by atoms with Crippen molar-refractivity contribution in [3.8, 4) is 0 Å². The summed E-state index contributed by atoms with van der Waals surface area (Å²) in [6, 6.07) is 7.87. The lowest BCUT2D eigenvalue weighted by Gasteiger charge is -2.54. The van der Waals surface area contributed by atoms with Gasteiger partial charge in [0.05, 0.1) is 18.9 Å².